The van der Waals surface area contributed by atoms with Crippen molar-refractivity contribution < 1.29 is 4.79 Å². The highest BCUT2D eigenvalue weighted by Gasteiger charge is 2.24. The molecule has 2 heterocycles. The van der Waals surface area contributed by atoms with E-state index in [0.29, 0.717) is 0 Å². The Bertz CT molecular complexity index is 746. The molecule has 0 bridgehead atoms. The Morgan fingerprint density at radius 1 is 1.19 bits per heavy atom. The van der Waals surface area contributed by atoms with Gasteiger partial charge >= 0.3 is 6.03 Å². The van der Waals surface area contributed by atoms with Gasteiger partial charge in [0, 0.05) is 54.2 Å². The van der Waals surface area contributed by atoms with Crippen LogP contribution in [0.15, 0.2) is 29.6 Å². The molecule has 7 heteroatoms. The smallest absolute Gasteiger partial charge is 0.317 e. The molecule has 1 aromatic heterocycles. The lowest BCUT2D eigenvalue weighted by Gasteiger charge is -2.36. The zero-order valence-electron chi connectivity index (χ0n) is 15.5. The monoisotopic (exact) mass is 392 g/mol. The average Bonchev–Trinajstić information content (AvgIpc) is 3.03. The van der Waals surface area contributed by atoms with Gasteiger partial charge in [-0.25, -0.2) is 9.78 Å². The summed E-state index contributed by atoms with van der Waals surface area (Å²) in [6.07, 6.45) is 0. The van der Waals surface area contributed by atoms with Gasteiger partial charge < -0.3 is 10.2 Å². The van der Waals surface area contributed by atoms with E-state index in [1.807, 2.05) is 49.9 Å². The van der Waals surface area contributed by atoms with Gasteiger partial charge in [0.1, 0.15) is 5.01 Å². The Kier molecular flexibility index (Phi) is 5.85. The number of nitrogens with one attached hydrogen (secondary N) is 1. The first kappa shape index (κ1) is 19.1. The van der Waals surface area contributed by atoms with Crippen LogP contribution in [0, 0.1) is 0 Å². The molecular weight excluding hydrogens is 368 g/mol. The standard InChI is InChI=1S/C19H25ClN4OS/c1-19(2,3)22-18(25)24-10-8-23(9-11-24)12-16-13-26-17(21-16)14-4-6-15(20)7-5-14/h4-7,13H,8-12H2,1-3H3,(H,22,25). The summed E-state index contributed by atoms with van der Waals surface area (Å²) >= 11 is 7.60. The van der Waals surface area contributed by atoms with Gasteiger partial charge in [-0.15, -0.1) is 11.3 Å². The number of rotatable bonds is 3. The summed E-state index contributed by atoms with van der Waals surface area (Å²) < 4.78 is 0. The predicted molar refractivity (Wildman–Crippen MR) is 108 cm³/mol. The van der Waals surface area contributed by atoms with Gasteiger partial charge in [0.05, 0.1) is 5.69 Å². The van der Waals surface area contributed by atoms with Crippen LogP contribution in [0.4, 0.5) is 4.79 Å². The van der Waals surface area contributed by atoms with E-state index in [9.17, 15) is 4.79 Å². The van der Waals surface area contributed by atoms with Gasteiger partial charge in [-0.2, -0.15) is 0 Å². The van der Waals surface area contributed by atoms with Crippen LogP contribution in [-0.2, 0) is 6.54 Å². The number of nitrogens with zero attached hydrogens (tertiary/aromatic N) is 3. The van der Waals surface area contributed by atoms with E-state index >= 15 is 0 Å². The van der Waals surface area contributed by atoms with E-state index in [0.717, 1.165) is 54.0 Å². The van der Waals surface area contributed by atoms with Crippen molar-refractivity contribution in [1.82, 2.24) is 20.1 Å². The fourth-order valence-electron chi connectivity index (χ4n) is 2.84. The molecule has 1 aliphatic heterocycles. The minimum absolute atomic E-state index is 0.0239. The molecule has 26 heavy (non-hydrogen) atoms. The van der Waals surface area contributed by atoms with E-state index in [4.69, 9.17) is 16.6 Å². The van der Waals surface area contributed by atoms with Gasteiger partial charge in [-0.3, -0.25) is 4.90 Å². The van der Waals surface area contributed by atoms with Crippen molar-refractivity contribution in [2.24, 2.45) is 0 Å². The molecule has 2 aromatic rings. The molecule has 0 atom stereocenters. The first-order chi connectivity index (χ1) is 12.3. The Labute approximate surface area is 164 Å². The summed E-state index contributed by atoms with van der Waals surface area (Å²) in [5.41, 5.74) is 1.97. The second kappa shape index (κ2) is 7.94. The van der Waals surface area contributed by atoms with Crippen LogP contribution < -0.4 is 5.32 Å². The topological polar surface area (TPSA) is 48.5 Å². The highest BCUT2D eigenvalue weighted by molar-refractivity contribution is 7.13. The van der Waals surface area contributed by atoms with Crippen LogP contribution in [0.25, 0.3) is 10.6 Å². The number of amides is 2. The van der Waals surface area contributed by atoms with Gasteiger partial charge in [0.2, 0.25) is 0 Å². The fraction of sp³-hybridized carbons (Fsp3) is 0.474. The maximum Gasteiger partial charge on any atom is 0.317 e. The maximum absolute atomic E-state index is 12.2. The van der Waals surface area contributed by atoms with Crippen LogP contribution in [-0.4, -0.2) is 52.5 Å². The van der Waals surface area contributed by atoms with Gasteiger partial charge in [-0.1, -0.05) is 23.7 Å². The number of hydrogen-bond acceptors (Lipinski definition) is 4. The Morgan fingerprint density at radius 3 is 2.46 bits per heavy atom. The number of carbonyl (C=O) groups is 1. The molecule has 0 saturated carbocycles. The summed E-state index contributed by atoms with van der Waals surface area (Å²) in [7, 11) is 0. The first-order valence-electron chi connectivity index (χ1n) is 8.80. The molecule has 1 fully saturated rings. The number of carbonyl (C=O) groups excluding carboxylic acids is 1. The molecule has 0 spiro atoms. The lowest BCUT2D eigenvalue weighted by atomic mass is 10.1. The zero-order chi connectivity index (χ0) is 18.7. The second-order valence-electron chi connectivity index (χ2n) is 7.59. The molecule has 3 rings (SSSR count). The number of benzene rings is 1. The summed E-state index contributed by atoms with van der Waals surface area (Å²) in [6.45, 7) is 10.0. The molecule has 0 aliphatic carbocycles. The molecule has 1 aliphatic rings. The summed E-state index contributed by atoms with van der Waals surface area (Å²) in [5.74, 6) is 0. The second-order valence-corrected chi connectivity index (χ2v) is 8.89. The van der Waals surface area contributed by atoms with E-state index in [2.05, 4.69) is 15.6 Å². The number of aromatic nitrogens is 1. The van der Waals surface area contributed by atoms with Crippen molar-refractivity contribution in [2.75, 3.05) is 26.2 Å². The number of halogens is 1. The summed E-state index contributed by atoms with van der Waals surface area (Å²) in [4.78, 5) is 21.2. The van der Waals surface area contributed by atoms with Gasteiger partial charge in [0.15, 0.2) is 0 Å². The number of thiazole rings is 1. The molecular formula is C19H25ClN4OS. The van der Waals surface area contributed by atoms with Crippen LogP contribution in [0.5, 0.6) is 0 Å². The fourth-order valence-corrected chi connectivity index (χ4v) is 3.79. The lowest BCUT2D eigenvalue weighted by Crippen LogP contribution is -2.54. The molecule has 1 N–H and O–H groups in total. The van der Waals surface area contributed by atoms with Crippen LogP contribution in [0.2, 0.25) is 5.02 Å². The molecule has 0 radical (unpaired) electrons. The highest BCUT2D eigenvalue weighted by Crippen LogP contribution is 2.25. The molecule has 1 saturated heterocycles. The predicted octanol–water partition coefficient (Wildman–Crippen LogP) is 4.09. The average molecular weight is 393 g/mol. The lowest BCUT2D eigenvalue weighted by molar-refractivity contribution is 0.130. The van der Waals surface area contributed by atoms with Crippen molar-refractivity contribution in [2.45, 2.75) is 32.9 Å². The summed E-state index contributed by atoms with van der Waals surface area (Å²) in [5, 5.41) is 6.89. The van der Waals surface area contributed by atoms with Crippen LogP contribution >= 0.6 is 22.9 Å². The molecule has 5 nitrogen and oxygen atoms in total. The number of hydrogen-bond donors (Lipinski definition) is 1. The first-order valence-corrected chi connectivity index (χ1v) is 10.1. The van der Waals surface area contributed by atoms with Crippen molar-refractivity contribution in [3.05, 3.63) is 40.4 Å². The quantitative estimate of drug-likeness (QED) is 0.855. The largest absolute Gasteiger partial charge is 0.333 e. The minimum Gasteiger partial charge on any atom is -0.333 e. The zero-order valence-corrected chi connectivity index (χ0v) is 17.0. The SMILES string of the molecule is CC(C)(C)NC(=O)N1CCN(Cc2csc(-c3ccc(Cl)cc3)n2)CC1. The third kappa shape index (κ3) is 5.19. The number of urea groups is 1. The third-order valence-electron chi connectivity index (χ3n) is 4.17. The van der Waals surface area contributed by atoms with Crippen LogP contribution in [0.3, 0.4) is 0 Å². The Hall–Kier alpha value is -1.63. The Morgan fingerprint density at radius 2 is 1.85 bits per heavy atom. The van der Waals surface area contributed by atoms with E-state index < -0.39 is 0 Å². The van der Waals surface area contributed by atoms with Gasteiger partial charge in [-0.05, 0) is 32.9 Å². The molecule has 140 valence electrons. The van der Waals surface area contributed by atoms with E-state index in [1.165, 1.54) is 0 Å². The molecule has 1 aromatic carbocycles. The van der Waals surface area contributed by atoms with Crippen molar-refractivity contribution in [3.8, 4) is 10.6 Å². The van der Waals surface area contributed by atoms with Crippen molar-refractivity contribution >= 4 is 29.0 Å². The highest BCUT2D eigenvalue weighted by atomic mass is 35.5. The number of piperazine rings is 1. The van der Waals surface area contributed by atoms with E-state index in [-0.39, 0.29) is 11.6 Å². The van der Waals surface area contributed by atoms with Gasteiger partial charge in [0.25, 0.3) is 0 Å². The molecule has 0 unspecified atom stereocenters. The molecule has 2 amide bonds. The van der Waals surface area contributed by atoms with Crippen molar-refractivity contribution in [3.63, 3.8) is 0 Å². The summed E-state index contributed by atoms with van der Waals surface area (Å²) in [6, 6.07) is 7.80. The van der Waals surface area contributed by atoms with Crippen molar-refractivity contribution in [1.29, 1.82) is 0 Å². The third-order valence-corrected chi connectivity index (χ3v) is 5.36. The normalized spacial score (nSPS) is 15.9. The Balaban J connectivity index is 1.52. The van der Waals surface area contributed by atoms with E-state index in [1.54, 1.807) is 11.3 Å². The maximum atomic E-state index is 12.2. The van der Waals surface area contributed by atoms with Crippen LogP contribution in [0.1, 0.15) is 26.5 Å². The minimum atomic E-state index is -0.202.